The van der Waals surface area contributed by atoms with Gasteiger partial charge >= 0.3 is 5.69 Å². The zero-order chi connectivity index (χ0) is 19.9. The van der Waals surface area contributed by atoms with Crippen molar-refractivity contribution in [1.29, 1.82) is 0 Å². The van der Waals surface area contributed by atoms with Crippen LogP contribution in [-0.4, -0.2) is 73.3 Å². The molecule has 0 aromatic carbocycles. The normalized spacial score (nSPS) is 20.5. The van der Waals surface area contributed by atoms with E-state index in [1.807, 2.05) is 12.2 Å². The van der Waals surface area contributed by atoms with Crippen molar-refractivity contribution in [3.8, 4) is 0 Å². The van der Waals surface area contributed by atoms with Crippen LogP contribution in [0.5, 0.6) is 0 Å². The Kier molecular flexibility index (Phi) is 6.96. The summed E-state index contributed by atoms with van der Waals surface area (Å²) in [6.07, 6.45) is 8.60. The first-order valence-electron chi connectivity index (χ1n) is 9.41. The fourth-order valence-corrected chi connectivity index (χ4v) is 2.93. The molecule has 1 aliphatic heterocycles. The van der Waals surface area contributed by atoms with Crippen molar-refractivity contribution in [2.45, 2.75) is 12.5 Å². The first-order chi connectivity index (χ1) is 13.5. The Hall–Kier alpha value is -2.49. The van der Waals surface area contributed by atoms with Crippen molar-refractivity contribution in [3.63, 3.8) is 0 Å². The highest BCUT2D eigenvalue weighted by Crippen LogP contribution is 2.13. The second kappa shape index (κ2) is 9.63. The second-order valence-corrected chi connectivity index (χ2v) is 6.79. The molecule has 0 spiro atoms. The fraction of sp³-hybridized carbons (Fsp3) is 0.526. The van der Waals surface area contributed by atoms with Crippen molar-refractivity contribution in [1.82, 2.24) is 14.5 Å². The van der Waals surface area contributed by atoms with Crippen molar-refractivity contribution >= 4 is 12.0 Å². The van der Waals surface area contributed by atoms with Gasteiger partial charge in [-0.1, -0.05) is 18.2 Å². The third-order valence-corrected chi connectivity index (χ3v) is 4.79. The molecule has 1 aliphatic carbocycles. The summed E-state index contributed by atoms with van der Waals surface area (Å²) in [4.78, 5) is 28.4. The Morgan fingerprint density at radius 1 is 1.39 bits per heavy atom. The summed E-state index contributed by atoms with van der Waals surface area (Å²) in [5, 5.41) is 5.75. The molecule has 152 valence electrons. The molecule has 1 aromatic heterocycles. The van der Waals surface area contributed by atoms with Gasteiger partial charge in [-0.3, -0.25) is 24.3 Å². The number of aromatic nitrogens is 2. The fourth-order valence-electron chi connectivity index (χ4n) is 2.93. The van der Waals surface area contributed by atoms with E-state index >= 15 is 0 Å². The third-order valence-electron chi connectivity index (χ3n) is 4.79. The third kappa shape index (κ3) is 5.51. The standard InChI is InChI=1S/C19H27N5O4/c1-22-18(25)13-17(21-19(22)26)23(2)20-14-15-3-5-16(6-4-15)28-12-9-24-7-10-27-11-8-24/h3-5,13-14,16H,6-12H2,1-2H3,(H,21,26)/b20-14+. The lowest BCUT2D eigenvalue weighted by atomic mass is 10.1. The Bertz CT molecular complexity index is 833. The summed E-state index contributed by atoms with van der Waals surface area (Å²) in [6, 6.07) is 1.34. The van der Waals surface area contributed by atoms with E-state index in [9.17, 15) is 9.59 Å². The Labute approximate surface area is 163 Å². The van der Waals surface area contributed by atoms with Gasteiger partial charge in [0.25, 0.3) is 5.56 Å². The molecule has 2 heterocycles. The lowest BCUT2D eigenvalue weighted by molar-refractivity contribution is 0.0117. The number of morpholine rings is 1. The van der Waals surface area contributed by atoms with Gasteiger partial charge in [-0.25, -0.2) is 4.79 Å². The number of aromatic amines is 1. The molecule has 0 radical (unpaired) electrons. The van der Waals surface area contributed by atoms with Gasteiger partial charge in [-0.05, 0) is 12.0 Å². The first-order valence-corrected chi connectivity index (χ1v) is 9.41. The van der Waals surface area contributed by atoms with Gasteiger partial charge in [-0.15, -0.1) is 0 Å². The summed E-state index contributed by atoms with van der Waals surface area (Å²) in [7, 11) is 3.09. The number of allylic oxidation sites excluding steroid dienone is 2. The van der Waals surface area contributed by atoms with E-state index in [4.69, 9.17) is 9.47 Å². The molecule has 1 fully saturated rings. The second-order valence-electron chi connectivity index (χ2n) is 6.79. The minimum Gasteiger partial charge on any atom is -0.379 e. The van der Waals surface area contributed by atoms with E-state index in [1.165, 1.54) is 18.1 Å². The predicted molar refractivity (Wildman–Crippen MR) is 108 cm³/mol. The molecular weight excluding hydrogens is 362 g/mol. The molecule has 0 bridgehead atoms. The largest absolute Gasteiger partial charge is 0.379 e. The zero-order valence-electron chi connectivity index (χ0n) is 16.3. The van der Waals surface area contributed by atoms with E-state index in [-0.39, 0.29) is 11.7 Å². The van der Waals surface area contributed by atoms with E-state index < -0.39 is 5.69 Å². The number of nitrogens with one attached hydrogen (secondary N) is 1. The van der Waals surface area contributed by atoms with Gasteiger partial charge in [0.1, 0.15) is 5.82 Å². The van der Waals surface area contributed by atoms with Crippen molar-refractivity contribution in [3.05, 3.63) is 50.7 Å². The number of hydrogen-bond donors (Lipinski definition) is 1. The van der Waals surface area contributed by atoms with Crippen molar-refractivity contribution in [2.75, 3.05) is 51.5 Å². The lowest BCUT2D eigenvalue weighted by Crippen LogP contribution is -2.38. The number of hydrazone groups is 1. The quantitative estimate of drug-likeness (QED) is 0.525. The molecule has 9 heteroatoms. The SMILES string of the molecule is CN(/N=C/C1=CCC(OCCN2CCOCC2)C=C1)c1cc(=O)n(C)c(=O)[nH]1. The molecule has 1 atom stereocenters. The number of rotatable bonds is 7. The maximum absolute atomic E-state index is 11.7. The highest BCUT2D eigenvalue weighted by atomic mass is 16.5. The summed E-state index contributed by atoms with van der Waals surface area (Å²) < 4.78 is 12.3. The minimum atomic E-state index is -0.474. The lowest BCUT2D eigenvalue weighted by Gasteiger charge is -2.27. The van der Waals surface area contributed by atoms with Crippen LogP contribution < -0.4 is 16.3 Å². The Morgan fingerprint density at radius 2 is 2.18 bits per heavy atom. The number of hydrogen-bond acceptors (Lipinski definition) is 7. The molecule has 0 amide bonds. The van der Waals surface area contributed by atoms with Crippen LogP contribution in [0.15, 0.2) is 44.6 Å². The maximum Gasteiger partial charge on any atom is 0.329 e. The van der Waals surface area contributed by atoms with Gasteiger partial charge in [0, 0.05) is 39.8 Å². The number of anilines is 1. The van der Waals surface area contributed by atoms with E-state index in [2.05, 4.69) is 21.1 Å². The van der Waals surface area contributed by atoms with E-state index in [1.54, 1.807) is 13.3 Å². The molecular formula is C19H27N5O4. The molecule has 1 aromatic rings. The number of nitrogens with zero attached hydrogens (tertiary/aromatic N) is 4. The summed E-state index contributed by atoms with van der Waals surface area (Å²) in [6.45, 7) is 5.16. The van der Waals surface area contributed by atoms with E-state index in [0.29, 0.717) is 12.4 Å². The summed E-state index contributed by atoms with van der Waals surface area (Å²) in [5.74, 6) is 0.342. The van der Waals surface area contributed by atoms with E-state index in [0.717, 1.165) is 49.4 Å². The zero-order valence-corrected chi connectivity index (χ0v) is 16.3. The van der Waals surface area contributed by atoms with Crippen LogP contribution >= 0.6 is 0 Å². The summed E-state index contributed by atoms with van der Waals surface area (Å²) >= 11 is 0. The highest BCUT2D eigenvalue weighted by molar-refractivity contribution is 5.83. The average molecular weight is 389 g/mol. The molecule has 1 saturated heterocycles. The summed E-state index contributed by atoms with van der Waals surface area (Å²) in [5.41, 5.74) is 0.0964. The molecule has 1 N–H and O–H groups in total. The molecule has 0 saturated carbocycles. The van der Waals surface area contributed by atoms with Gasteiger partial charge in [0.05, 0.1) is 32.1 Å². The van der Waals surface area contributed by atoms with Gasteiger partial charge in [-0.2, -0.15) is 5.10 Å². The van der Waals surface area contributed by atoms with Crippen LogP contribution in [0.1, 0.15) is 6.42 Å². The first kappa shape index (κ1) is 20.2. The van der Waals surface area contributed by atoms with Crippen LogP contribution in [0.4, 0.5) is 5.82 Å². The highest BCUT2D eigenvalue weighted by Gasteiger charge is 2.12. The Balaban J connectivity index is 1.46. The maximum atomic E-state index is 11.7. The molecule has 1 unspecified atom stereocenters. The van der Waals surface area contributed by atoms with Gasteiger partial charge in [0.2, 0.25) is 0 Å². The van der Waals surface area contributed by atoms with Crippen molar-refractivity contribution in [2.24, 2.45) is 12.1 Å². The van der Waals surface area contributed by atoms with Crippen LogP contribution in [-0.2, 0) is 16.5 Å². The van der Waals surface area contributed by atoms with Gasteiger partial charge < -0.3 is 9.47 Å². The molecule has 3 rings (SSSR count). The smallest absolute Gasteiger partial charge is 0.329 e. The average Bonchev–Trinajstić information content (AvgIpc) is 2.71. The van der Waals surface area contributed by atoms with Crippen molar-refractivity contribution < 1.29 is 9.47 Å². The van der Waals surface area contributed by atoms with Crippen LogP contribution in [0.25, 0.3) is 0 Å². The van der Waals surface area contributed by atoms with Crippen LogP contribution in [0.2, 0.25) is 0 Å². The Morgan fingerprint density at radius 3 is 2.86 bits per heavy atom. The monoisotopic (exact) mass is 389 g/mol. The molecule has 2 aliphatic rings. The molecule has 9 nitrogen and oxygen atoms in total. The van der Waals surface area contributed by atoms with Crippen LogP contribution in [0, 0.1) is 0 Å². The topological polar surface area (TPSA) is 92.2 Å². The predicted octanol–water partition coefficient (Wildman–Crippen LogP) is 0.0993. The number of ether oxygens (including phenoxy) is 2. The minimum absolute atomic E-state index is 0.0735. The van der Waals surface area contributed by atoms with Crippen LogP contribution in [0.3, 0.4) is 0 Å². The van der Waals surface area contributed by atoms with Gasteiger partial charge in [0.15, 0.2) is 0 Å². The molecule has 28 heavy (non-hydrogen) atoms. The number of H-pyrrole nitrogens is 1.